The summed E-state index contributed by atoms with van der Waals surface area (Å²) in [6.45, 7) is 3.43. The molecular weight excluding hydrogens is 258 g/mol. The van der Waals surface area contributed by atoms with Crippen molar-refractivity contribution in [3.63, 3.8) is 0 Å². The molecule has 6 heteroatoms. The van der Waals surface area contributed by atoms with Crippen LogP contribution in [0.5, 0.6) is 0 Å². The van der Waals surface area contributed by atoms with Crippen molar-refractivity contribution in [2.75, 3.05) is 31.1 Å². The number of anilines is 1. The number of aromatic nitrogens is 2. The van der Waals surface area contributed by atoms with E-state index in [1.807, 2.05) is 23.1 Å². The lowest BCUT2D eigenvalue weighted by Gasteiger charge is -2.35. The normalized spacial score (nSPS) is 15.8. The van der Waals surface area contributed by atoms with Gasteiger partial charge in [0.2, 0.25) is 0 Å². The van der Waals surface area contributed by atoms with Crippen LogP contribution in [0.25, 0.3) is 10.9 Å². The van der Waals surface area contributed by atoms with Crippen LogP contribution >= 0.6 is 12.2 Å². The summed E-state index contributed by atoms with van der Waals surface area (Å²) in [4.78, 5) is 13.0. The SMILES string of the molecule is NC(=S)N1CCN(c2ncnc3ccccc23)CC1. The van der Waals surface area contributed by atoms with Gasteiger partial charge in [0.25, 0.3) is 0 Å². The van der Waals surface area contributed by atoms with Crippen molar-refractivity contribution in [2.45, 2.75) is 0 Å². The summed E-state index contributed by atoms with van der Waals surface area (Å²) >= 11 is 5.01. The lowest BCUT2D eigenvalue weighted by atomic mass is 10.2. The number of rotatable bonds is 1. The number of piperazine rings is 1. The Morgan fingerprint density at radius 3 is 2.58 bits per heavy atom. The molecule has 0 saturated carbocycles. The van der Waals surface area contributed by atoms with E-state index < -0.39 is 0 Å². The molecule has 2 aromatic rings. The molecule has 5 nitrogen and oxygen atoms in total. The predicted molar refractivity (Wildman–Crippen MR) is 80.1 cm³/mol. The average Bonchev–Trinajstić information content (AvgIpc) is 2.47. The van der Waals surface area contributed by atoms with Gasteiger partial charge in [-0.3, -0.25) is 0 Å². The summed E-state index contributed by atoms with van der Waals surface area (Å²) in [5, 5.41) is 1.57. The van der Waals surface area contributed by atoms with E-state index in [4.69, 9.17) is 18.0 Å². The third kappa shape index (κ3) is 2.31. The highest BCUT2D eigenvalue weighted by molar-refractivity contribution is 7.80. The highest BCUT2D eigenvalue weighted by Gasteiger charge is 2.20. The first-order valence-electron chi connectivity index (χ1n) is 6.25. The second-order valence-corrected chi connectivity index (χ2v) is 4.95. The third-order valence-electron chi connectivity index (χ3n) is 3.41. The van der Waals surface area contributed by atoms with Crippen LogP contribution in [0.3, 0.4) is 0 Å². The Morgan fingerprint density at radius 1 is 1.11 bits per heavy atom. The maximum Gasteiger partial charge on any atom is 0.166 e. The molecule has 0 radical (unpaired) electrons. The van der Waals surface area contributed by atoms with Crippen LogP contribution in [0.2, 0.25) is 0 Å². The molecule has 0 bridgehead atoms. The fourth-order valence-corrected chi connectivity index (χ4v) is 2.56. The van der Waals surface area contributed by atoms with Crippen molar-refractivity contribution in [1.29, 1.82) is 0 Å². The largest absolute Gasteiger partial charge is 0.376 e. The molecule has 98 valence electrons. The Bertz CT molecular complexity index is 602. The smallest absolute Gasteiger partial charge is 0.166 e. The third-order valence-corrected chi connectivity index (χ3v) is 3.67. The first-order valence-corrected chi connectivity index (χ1v) is 6.65. The van der Waals surface area contributed by atoms with Crippen LogP contribution in [0, 0.1) is 0 Å². The number of thiocarbonyl (C=S) groups is 1. The van der Waals surface area contributed by atoms with E-state index in [1.54, 1.807) is 6.33 Å². The van der Waals surface area contributed by atoms with Crippen molar-refractivity contribution in [3.8, 4) is 0 Å². The maximum atomic E-state index is 5.66. The predicted octanol–water partition coefficient (Wildman–Crippen LogP) is 0.995. The fourth-order valence-electron chi connectivity index (χ4n) is 2.38. The van der Waals surface area contributed by atoms with Crippen LogP contribution in [-0.4, -0.2) is 46.2 Å². The van der Waals surface area contributed by atoms with E-state index in [9.17, 15) is 0 Å². The van der Waals surface area contributed by atoms with Crippen LogP contribution in [0.15, 0.2) is 30.6 Å². The quantitative estimate of drug-likeness (QED) is 0.782. The van der Waals surface area contributed by atoms with Crippen LogP contribution < -0.4 is 10.6 Å². The van der Waals surface area contributed by atoms with Crippen LogP contribution in [0.4, 0.5) is 5.82 Å². The molecule has 3 rings (SSSR count). The van der Waals surface area contributed by atoms with Gasteiger partial charge < -0.3 is 15.5 Å². The van der Waals surface area contributed by atoms with Gasteiger partial charge in [-0.25, -0.2) is 9.97 Å². The number of benzene rings is 1. The molecule has 1 aliphatic heterocycles. The van der Waals surface area contributed by atoms with Crippen molar-refractivity contribution >= 4 is 34.1 Å². The number of nitrogens with zero attached hydrogens (tertiary/aromatic N) is 4. The fraction of sp³-hybridized carbons (Fsp3) is 0.308. The molecule has 19 heavy (non-hydrogen) atoms. The van der Waals surface area contributed by atoms with Gasteiger partial charge in [-0.1, -0.05) is 12.1 Å². The average molecular weight is 273 g/mol. The van der Waals surface area contributed by atoms with Gasteiger partial charge in [0.15, 0.2) is 5.11 Å². The molecule has 1 saturated heterocycles. The van der Waals surface area contributed by atoms with Crippen LogP contribution in [-0.2, 0) is 0 Å². The topological polar surface area (TPSA) is 58.3 Å². The minimum atomic E-state index is 0.479. The molecule has 0 unspecified atom stereocenters. The Balaban J connectivity index is 1.88. The molecule has 1 aliphatic rings. The monoisotopic (exact) mass is 273 g/mol. The summed E-state index contributed by atoms with van der Waals surface area (Å²) in [7, 11) is 0. The molecule has 2 heterocycles. The minimum absolute atomic E-state index is 0.479. The second kappa shape index (κ2) is 4.97. The minimum Gasteiger partial charge on any atom is -0.376 e. The number of hydrogen-bond donors (Lipinski definition) is 1. The summed E-state index contributed by atoms with van der Waals surface area (Å²) in [6.07, 6.45) is 1.62. The number of nitrogens with two attached hydrogens (primary N) is 1. The van der Waals surface area contributed by atoms with Crippen LogP contribution in [0.1, 0.15) is 0 Å². The van der Waals surface area contributed by atoms with Gasteiger partial charge in [0, 0.05) is 31.6 Å². The molecule has 1 aromatic carbocycles. The maximum absolute atomic E-state index is 5.66. The molecule has 1 aromatic heterocycles. The van der Waals surface area contributed by atoms with E-state index >= 15 is 0 Å². The number of hydrogen-bond acceptors (Lipinski definition) is 4. The van der Waals surface area contributed by atoms with Gasteiger partial charge in [0.05, 0.1) is 5.52 Å². The Labute approximate surface area is 117 Å². The van der Waals surface area contributed by atoms with E-state index in [0.717, 1.165) is 42.9 Å². The Hall–Kier alpha value is -1.95. The molecule has 0 spiro atoms. The zero-order valence-corrected chi connectivity index (χ0v) is 11.3. The first kappa shape index (κ1) is 12.1. The van der Waals surface area contributed by atoms with E-state index in [-0.39, 0.29) is 0 Å². The van der Waals surface area contributed by atoms with Gasteiger partial charge in [-0.2, -0.15) is 0 Å². The lowest BCUT2D eigenvalue weighted by Crippen LogP contribution is -2.50. The van der Waals surface area contributed by atoms with Crippen molar-refractivity contribution in [1.82, 2.24) is 14.9 Å². The van der Waals surface area contributed by atoms with E-state index in [1.165, 1.54) is 0 Å². The standard InChI is InChI=1S/C13H15N5S/c14-13(19)18-7-5-17(6-8-18)12-10-3-1-2-4-11(10)15-9-16-12/h1-4,9H,5-8H2,(H2,14,19). The zero-order chi connectivity index (χ0) is 13.2. The number of fused-ring (bicyclic) bond motifs is 1. The molecule has 1 fully saturated rings. The van der Waals surface area contributed by atoms with Gasteiger partial charge in [0.1, 0.15) is 12.1 Å². The van der Waals surface area contributed by atoms with Gasteiger partial charge in [-0.15, -0.1) is 0 Å². The van der Waals surface area contributed by atoms with Crippen molar-refractivity contribution < 1.29 is 0 Å². The van der Waals surface area contributed by atoms with Crippen molar-refractivity contribution in [2.24, 2.45) is 5.73 Å². The highest BCUT2D eigenvalue weighted by Crippen LogP contribution is 2.23. The van der Waals surface area contributed by atoms with Gasteiger partial charge in [-0.05, 0) is 24.4 Å². The Morgan fingerprint density at radius 2 is 1.84 bits per heavy atom. The lowest BCUT2D eigenvalue weighted by molar-refractivity contribution is 0.387. The molecule has 2 N–H and O–H groups in total. The Kier molecular flexibility index (Phi) is 3.16. The number of para-hydroxylation sites is 1. The van der Waals surface area contributed by atoms with Gasteiger partial charge >= 0.3 is 0 Å². The van der Waals surface area contributed by atoms with E-state index in [2.05, 4.69) is 20.9 Å². The second-order valence-electron chi connectivity index (χ2n) is 4.53. The highest BCUT2D eigenvalue weighted by atomic mass is 32.1. The molecule has 0 amide bonds. The van der Waals surface area contributed by atoms with Crippen molar-refractivity contribution in [3.05, 3.63) is 30.6 Å². The first-order chi connectivity index (χ1) is 9.25. The summed E-state index contributed by atoms with van der Waals surface area (Å²) in [5.74, 6) is 0.994. The zero-order valence-electron chi connectivity index (χ0n) is 10.5. The molecular formula is C13H15N5S. The molecule has 0 atom stereocenters. The molecule has 0 aliphatic carbocycles. The summed E-state index contributed by atoms with van der Waals surface area (Å²) < 4.78 is 0. The summed E-state index contributed by atoms with van der Waals surface area (Å²) in [6, 6.07) is 8.07. The van der Waals surface area contributed by atoms with E-state index in [0.29, 0.717) is 5.11 Å². The summed E-state index contributed by atoms with van der Waals surface area (Å²) in [5.41, 5.74) is 6.63.